The summed E-state index contributed by atoms with van der Waals surface area (Å²) in [7, 11) is -3.59. The average molecular weight is 451 g/mol. The zero-order chi connectivity index (χ0) is 21.3. The molecule has 0 saturated carbocycles. The number of amides is 1. The Bertz CT molecular complexity index is 1000. The van der Waals surface area contributed by atoms with Gasteiger partial charge < -0.3 is 4.90 Å². The summed E-state index contributed by atoms with van der Waals surface area (Å²) in [6, 6.07) is 12.4. The third kappa shape index (κ3) is 4.24. The molecule has 0 aliphatic carbocycles. The topological polar surface area (TPSA) is 57.7 Å². The van der Waals surface area contributed by atoms with Crippen LogP contribution >= 0.6 is 11.6 Å². The monoisotopic (exact) mass is 450 g/mol. The lowest BCUT2D eigenvalue weighted by Crippen LogP contribution is -2.44. The van der Waals surface area contributed by atoms with Crippen molar-refractivity contribution in [3.63, 3.8) is 0 Å². The highest BCUT2D eigenvalue weighted by Gasteiger charge is 2.37. The van der Waals surface area contributed by atoms with E-state index < -0.39 is 10.0 Å². The van der Waals surface area contributed by atoms with E-state index >= 15 is 0 Å². The maximum atomic E-state index is 13.3. The zero-order valence-electron chi connectivity index (χ0n) is 16.5. The summed E-state index contributed by atoms with van der Waals surface area (Å²) in [4.78, 5) is 15.3. The smallest absolute Gasteiger partial charge is 0.243 e. The quantitative estimate of drug-likeness (QED) is 0.699. The number of likely N-dealkylation sites (tertiary alicyclic amines) is 1. The molecule has 1 unspecified atom stereocenters. The van der Waals surface area contributed by atoms with E-state index in [4.69, 9.17) is 11.6 Å². The average Bonchev–Trinajstić information content (AvgIpc) is 3.24. The molecule has 1 amide bonds. The number of carbonyl (C=O) groups is 1. The van der Waals surface area contributed by atoms with Crippen LogP contribution < -0.4 is 0 Å². The molecule has 2 aliphatic heterocycles. The molecule has 2 aromatic carbocycles. The normalized spacial score (nSPS) is 21.1. The summed E-state index contributed by atoms with van der Waals surface area (Å²) in [5.74, 6) is -0.406. The van der Waals surface area contributed by atoms with E-state index in [2.05, 4.69) is 0 Å². The van der Waals surface area contributed by atoms with Crippen molar-refractivity contribution < 1.29 is 17.6 Å². The maximum absolute atomic E-state index is 13.3. The summed E-state index contributed by atoms with van der Waals surface area (Å²) in [5.41, 5.74) is 0.949. The van der Waals surface area contributed by atoms with Crippen molar-refractivity contribution in [3.05, 3.63) is 64.9 Å². The Labute approximate surface area is 181 Å². The van der Waals surface area contributed by atoms with Crippen LogP contribution in [0.15, 0.2) is 53.4 Å². The Morgan fingerprint density at radius 3 is 2.20 bits per heavy atom. The molecule has 4 rings (SSSR count). The number of hydrogen-bond acceptors (Lipinski definition) is 3. The third-order valence-electron chi connectivity index (χ3n) is 6.05. The highest BCUT2D eigenvalue weighted by molar-refractivity contribution is 7.89. The van der Waals surface area contributed by atoms with Crippen LogP contribution in [0.1, 0.15) is 37.3 Å². The summed E-state index contributed by atoms with van der Waals surface area (Å²) < 4.78 is 40.4. The molecule has 5 nitrogen and oxygen atoms in total. The van der Waals surface area contributed by atoms with Gasteiger partial charge in [-0.25, -0.2) is 12.8 Å². The lowest BCUT2D eigenvalue weighted by molar-refractivity contribution is -0.137. The van der Waals surface area contributed by atoms with E-state index in [0.29, 0.717) is 37.5 Å². The SMILES string of the molecule is O=C(C1CCN(S(=O)(=O)c2ccc(Cl)cc2)CC1)N1CCCC1c1ccc(F)cc1. The van der Waals surface area contributed by atoms with Crippen molar-refractivity contribution >= 4 is 27.5 Å². The van der Waals surface area contributed by atoms with Gasteiger partial charge in [-0.2, -0.15) is 4.31 Å². The molecule has 2 saturated heterocycles. The van der Waals surface area contributed by atoms with E-state index in [1.165, 1.54) is 28.6 Å². The van der Waals surface area contributed by atoms with Gasteiger partial charge in [0, 0.05) is 30.6 Å². The highest BCUT2D eigenvalue weighted by Crippen LogP contribution is 2.35. The molecule has 2 aromatic rings. The van der Waals surface area contributed by atoms with Gasteiger partial charge in [0.2, 0.25) is 15.9 Å². The minimum Gasteiger partial charge on any atom is -0.335 e. The lowest BCUT2D eigenvalue weighted by Gasteiger charge is -2.34. The van der Waals surface area contributed by atoms with Gasteiger partial charge >= 0.3 is 0 Å². The number of piperidine rings is 1. The Kier molecular flexibility index (Phi) is 6.14. The summed E-state index contributed by atoms with van der Waals surface area (Å²) in [5, 5.41) is 0.486. The molecule has 160 valence electrons. The van der Waals surface area contributed by atoms with Crippen molar-refractivity contribution in [2.75, 3.05) is 19.6 Å². The lowest BCUT2D eigenvalue weighted by atomic mass is 9.95. The first-order valence-corrected chi connectivity index (χ1v) is 12.0. The first kappa shape index (κ1) is 21.3. The molecular formula is C22H24ClFN2O3S. The predicted octanol–water partition coefficient (Wildman–Crippen LogP) is 4.24. The van der Waals surface area contributed by atoms with Gasteiger partial charge in [0.05, 0.1) is 10.9 Å². The highest BCUT2D eigenvalue weighted by atomic mass is 35.5. The van der Waals surface area contributed by atoms with E-state index in [-0.39, 0.29) is 28.6 Å². The van der Waals surface area contributed by atoms with Crippen molar-refractivity contribution in [3.8, 4) is 0 Å². The molecule has 2 fully saturated rings. The fraction of sp³-hybridized carbons (Fsp3) is 0.409. The number of nitrogens with zero attached hydrogens (tertiary/aromatic N) is 2. The van der Waals surface area contributed by atoms with Crippen molar-refractivity contribution in [1.29, 1.82) is 0 Å². The Hall–Kier alpha value is -1.96. The minimum atomic E-state index is -3.59. The minimum absolute atomic E-state index is 0.0334. The van der Waals surface area contributed by atoms with E-state index in [1.807, 2.05) is 4.90 Å². The Balaban J connectivity index is 1.41. The predicted molar refractivity (Wildman–Crippen MR) is 113 cm³/mol. The standard InChI is InChI=1S/C22H24ClFN2O3S/c23-18-5-9-20(10-6-18)30(28,29)25-14-11-17(12-15-25)22(27)26-13-1-2-21(26)16-3-7-19(24)8-4-16/h3-10,17,21H,1-2,11-15H2. The number of carbonyl (C=O) groups excluding carboxylic acids is 1. The molecule has 0 spiro atoms. The van der Waals surface area contributed by atoms with Gasteiger partial charge in [-0.15, -0.1) is 0 Å². The van der Waals surface area contributed by atoms with E-state index in [0.717, 1.165) is 18.4 Å². The maximum Gasteiger partial charge on any atom is 0.243 e. The van der Waals surface area contributed by atoms with Crippen LogP contribution in [0.3, 0.4) is 0 Å². The fourth-order valence-electron chi connectivity index (χ4n) is 4.40. The van der Waals surface area contributed by atoms with Crippen molar-refractivity contribution in [1.82, 2.24) is 9.21 Å². The molecule has 2 heterocycles. The summed E-state index contributed by atoms with van der Waals surface area (Å²) in [6.07, 6.45) is 2.77. The molecule has 2 aliphatic rings. The van der Waals surface area contributed by atoms with Gasteiger partial charge in [0.1, 0.15) is 5.82 Å². The molecule has 1 atom stereocenters. The second-order valence-corrected chi connectivity index (χ2v) is 10.2. The van der Waals surface area contributed by atoms with Crippen LogP contribution in [-0.4, -0.2) is 43.2 Å². The molecule has 8 heteroatoms. The molecule has 0 radical (unpaired) electrons. The second-order valence-electron chi connectivity index (χ2n) is 7.87. The summed E-state index contributed by atoms with van der Waals surface area (Å²) in [6.45, 7) is 1.32. The van der Waals surface area contributed by atoms with Crippen LogP contribution in [0.5, 0.6) is 0 Å². The Morgan fingerprint density at radius 1 is 0.933 bits per heavy atom. The number of benzene rings is 2. The van der Waals surface area contributed by atoms with Crippen LogP contribution in [0, 0.1) is 11.7 Å². The molecule has 0 aromatic heterocycles. The Morgan fingerprint density at radius 2 is 1.57 bits per heavy atom. The van der Waals surface area contributed by atoms with Crippen LogP contribution in [0.25, 0.3) is 0 Å². The molecule has 30 heavy (non-hydrogen) atoms. The number of sulfonamides is 1. The number of hydrogen-bond donors (Lipinski definition) is 0. The van der Waals surface area contributed by atoms with Gasteiger partial charge in [0.25, 0.3) is 0 Å². The number of rotatable bonds is 4. The van der Waals surface area contributed by atoms with Crippen LogP contribution in [-0.2, 0) is 14.8 Å². The molecular weight excluding hydrogens is 427 g/mol. The summed E-state index contributed by atoms with van der Waals surface area (Å²) >= 11 is 5.86. The first-order valence-electron chi connectivity index (χ1n) is 10.2. The van der Waals surface area contributed by atoms with Crippen LogP contribution in [0.4, 0.5) is 4.39 Å². The molecule has 0 bridgehead atoms. The van der Waals surface area contributed by atoms with Gasteiger partial charge in [-0.1, -0.05) is 23.7 Å². The zero-order valence-corrected chi connectivity index (χ0v) is 18.1. The fourth-order valence-corrected chi connectivity index (χ4v) is 5.99. The van der Waals surface area contributed by atoms with Crippen molar-refractivity contribution in [2.45, 2.75) is 36.6 Å². The van der Waals surface area contributed by atoms with Gasteiger partial charge in [0.15, 0.2) is 0 Å². The third-order valence-corrected chi connectivity index (χ3v) is 8.21. The van der Waals surface area contributed by atoms with E-state index in [9.17, 15) is 17.6 Å². The number of halogens is 2. The van der Waals surface area contributed by atoms with Crippen molar-refractivity contribution in [2.24, 2.45) is 5.92 Å². The van der Waals surface area contributed by atoms with Crippen LogP contribution in [0.2, 0.25) is 5.02 Å². The van der Waals surface area contributed by atoms with Gasteiger partial charge in [-0.05, 0) is 67.6 Å². The van der Waals surface area contributed by atoms with Gasteiger partial charge in [-0.3, -0.25) is 4.79 Å². The largest absolute Gasteiger partial charge is 0.335 e. The van der Waals surface area contributed by atoms with E-state index in [1.54, 1.807) is 24.3 Å². The first-order chi connectivity index (χ1) is 14.4. The molecule has 0 N–H and O–H groups in total. The second kappa shape index (κ2) is 8.65.